The molecule has 328 valence electrons. The summed E-state index contributed by atoms with van der Waals surface area (Å²) in [6, 6.07) is 11.3. The predicted octanol–water partition coefficient (Wildman–Crippen LogP) is 9.22. The van der Waals surface area contributed by atoms with Gasteiger partial charge in [-0.2, -0.15) is 23.3 Å². The Kier molecular flexibility index (Phi) is 9.77. The van der Waals surface area contributed by atoms with Crippen molar-refractivity contribution >= 4 is 79.9 Å². The molecule has 5 heterocycles. The van der Waals surface area contributed by atoms with E-state index >= 15 is 4.79 Å². The highest BCUT2D eigenvalue weighted by Crippen LogP contribution is 2.65. The van der Waals surface area contributed by atoms with Crippen LogP contribution in [0.2, 0.25) is 10.0 Å². The van der Waals surface area contributed by atoms with Crippen molar-refractivity contribution in [3.63, 3.8) is 0 Å². The predicted molar refractivity (Wildman–Crippen MR) is 218 cm³/mol. The number of hydrogen-bond donors (Lipinski definition) is 1. The number of fused-ring (bicyclic) bond motifs is 5. The first-order valence-corrected chi connectivity index (χ1v) is 20.8. The minimum absolute atomic E-state index is 0.0721. The van der Waals surface area contributed by atoms with Gasteiger partial charge in [-0.3, -0.25) is 28.9 Å². The summed E-state index contributed by atoms with van der Waals surface area (Å²) in [4.78, 5) is 64.2. The van der Waals surface area contributed by atoms with E-state index in [0.717, 1.165) is 61.7 Å². The number of amides is 4. The lowest BCUT2D eigenvalue weighted by Crippen LogP contribution is -2.49. The Labute approximate surface area is 367 Å². The number of hydrazine groups is 1. The van der Waals surface area contributed by atoms with Gasteiger partial charge in [-0.1, -0.05) is 34.9 Å². The summed E-state index contributed by atoms with van der Waals surface area (Å²) in [5.74, 6) is -11.0. The van der Waals surface area contributed by atoms with Gasteiger partial charge in [-0.15, -0.1) is 24.5 Å². The maximum Gasteiger partial charge on any atom is 0.573 e. The van der Waals surface area contributed by atoms with E-state index in [0.29, 0.717) is 27.4 Å². The first-order valence-electron chi connectivity index (χ1n) is 19.3. The number of anilines is 2. The summed E-state index contributed by atoms with van der Waals surface area (Å²) in [6.07, 6.45) is -8.82. The van der Waals surface area contributed by atoms with Crippen LogP contribution in [0.1, 0.15) is 42.5 Å². The van der Waals surface area contributed by atoms with Crippen LogP contribution in [0.4, 0.5) is 38.0 Å². The molecule has 0 bridgehead atoms. The minimum atomic E-state index is -5.15. The highest BCUT2D eigenvalue weighted by molar-refractivity contribution is 7.22. The molecule has 63 heavy (non-hydrogen) atoms. The van der Waals surface area contributed by atoms with Gasteiger partial charge in [0, 0.05) is 41.4 Å². The van der Waals surface area contributed by atoms with E-state index in [9.17, 15) is 45.8 Å². The van der Waals surface area contributed by atoms with E-state index in [1.807, 2.05) is 19.1 Å². The van der Waals surface area contributed by atoms with Crippen molar-refractivity contribution in [2.75, 3.05) is 17.0 Å². The zero-order valence-electron chi connectivity index (χ0n) is 33.2. The van der Waals surface area contributed by atoms with Crippen LogP contribution in [0.3, 0.4) is 0 Å². The maximum absolute atomic E-state index is 15.2. The molecule has 4 aliphatic rings. The Morgan fingerprint density at radius 1 is 0.952 bits per heavy atom. The van der Waals surface area contributed by atoms with Crippen LogP contribution in [0, 0.1) is 36.0 Å². The third kappa shape index (κ3) is 6.55. The second kappa shape index (κ2) is 14.4. The topological polar surface area (TPSA) is 138 Å². The molecule has 6 atom stereocenters. The summed E-state index contributed by atoms with van der Waals surface area (Å²) in [6.45, 7) is 3.36. The number of carbonyl (C=O) groups excluding carboxylic acids is 4. The Balaban J connectivity index is 1.15. The number of rotatable bonds is 6. The molecule has 0 spiro atoms. The van der Waals surface area contributed by atoms with Gasteiger partial charge in [0.2, 0.25) is 11.8 Å². The third-order valence-electron chi connectivity index (χ3n) is 12.7. The molecule has 12 nitrogen and oxygen atoms in total. The number of phenolic OH excluding ortho intramolecular Hbond substituents is 1. The lowest BCUT2D eigenvalue weighted by Gasteiger charge is -2.49. The third-order valence-corrected chi connectivity index (χ3v) is 14.6. The second-order valence-electron chi connectivity index (χ2n) is 16.1. The average Bonchev–Trinajstić information content (AvgIpc) is 3.87. The van der Waals surface area contributed by atoms with Crippen LogP contribution in [-0.2, 0) is 32.4 Å². The molecule has 5 aromatic rings. The Bertz CT molecular complexity index is 2860. The molecule has 2 aliphatic carbocycles. The van der Waals surface area contributed by atoms with Crippen molar-refractivity contribution in [2.24, 2.45) is 36.1 Å². The molecule has 0 radical (unpaired) electrons. The standard InChI is InChI=1S/C42H32Cl2F6N6O6S/c1-17-22-13-18(43)5-11-29(22)63-34(17)27-16-31(53(3)52-27)55-37(59)25-15-23-20(33(40(25,2)39(55)61)24-14-19(6-10-28(24)57)62-42(48,49)50)7-8-21-32(23)38(60)56(36(21)58)54(4)35-26(44)9-12-30(51-35)41(45,46)47/h5-7,9-14,16,21,23,25,32-33,57H,8,15H2,1-4H3. The molecule has 3 aromatic heterocycles. The van der Waals surface area contributed by atoms with Gasteiger partial charge in [0.25, 0.3) is 11.8 Å². The van der Waals surface area contributed by atoms with Crippen LogP contribution < -0.4 is 14.6 Å². The van der Waals surface area contributed by atoms with Crippen molar-refractivity contribution < 1.29 is 55.4 Å². The van der Waals surface area contributed by atoms with Crippen molar-refractivity contribution in [1.29, 1.82) is 0 Å². The van der Waals surface area contributed by atoms with Gasteiger partial charge < -0.3 is 9.84 Å². The fourth-order valence-corrected chi connectivity index (χ4v) is 11.5. The Hall–Kier alpha value is -5.66. The first-order chi connectivity index (χ1) is 29.5. The van der Waals surface area contributed by atoms with Crippen molar-refractivity contribution in [3.8, 4) is 22.1 Å². The quantitative estimate of drug-likeness (QED) is 0.100. The molecule has 6 unspecified atom stereocenters. The number of phenols is 1. The highest BCUT2D eigenvalue weighted by Gasteiger charge is 2.68. The van der Waals surface area contributed by atoms with Crippen LogP contribution in [0.25, 0.3) is 20.7 Å². The van der Waals surface area contributed by atoms with Crippen LogP contribution >= 0.6 is 34.5 Å². The SMILES string of the molecule is Cc1c(-c2cc(N3C(=O)C4CC5C(=CCC6C(=O)N(N(C)c7nc(C(F)(F)F)ccc7Cl)C(=O)C65)C(c5cc(OC(F)(F)F)ccc5O)C4(C)C3=O)n(C)n2)sc2ccc(Cl)cc12. The Morgan fingerprint density at radius 2 is 1.68 bits per heavy atom. The van der Waals surface area contributed by atoms with Crippen molar-refractivity contribution in [1.82, 2.24) is 19.8 Å². The summed E-state index contributed by atoms with van der Waals surface area (Å²) in [5.41, 5.74) is -1.78. The number of aromatic hydroxyl groups is 1. The van der Waals surface area contributed by atoms with E-state index in [2.05, 4.69) is 14.8 Å². The zero-order chi connectivity index (χ0) is 45.4. The summed E-state index contributed by atoms with van der Waals surface area (Å²) in [7, 11) is 2.69. The van der Waals surface area contributed by atoms with Gasteiger partial charge in [-0.25, -0.2) is 9.88 Å². The summed E-state index contributed by atoms with van der Waals surface area (Å²) >= 11 is 14.0. The fourth-order valence-electron chi connectivity index (χ4n) is 9.94. The number of nitrogens with zero attached hydrogens (tertiary/aromatic N) is 6. The normalized spacial score (nSPS) is 24.8. The second-order valence-corrected chi connectivity index (χ2v) is 18.0. The first kappa shape index (κ1) is 42.6. The van der Waals surface area contributed by atoms with Gasteiger partial charge in [0.05, 0.1) is 33.1 Å². The number of pyridine rings is 1. The number of halogens is 8. The van der Waals surface area contributed by atoms with Gasteiger partial charge >= 0.3 is 12.5 Å². The monoisotopic (exact) mass is 932 g/mol. The number of imide groups is 2. The number of allylic oxidation sites excluding steroid dienone is 2. The van der Waals surface area contributed by atoms with E-state index in [1.54, 1.807) is 18.2 Å². The van der Waals surface area contributed by atoms with Crippen LogP contribution in [0.5, 0.6) is 11.5 Å². The summed E-state index contributed by atoms with van der Waals surface area (Å²) < 4.78 is 88.4. The molecular weight excluding hydrogens is 901 g/mol. The van der Waals surface area contributed by atoms with Gasteiger partial charge in [-0.05, 0) is 92.1 Å². The average molecular weight is 934 g/mol. The van der Waals surface area contributed by atoms with E-state index in [1.165, 1.54) is 30.0 Å². The van der Waals surface area contributed by atoms with Crippen LogP contribution in [0.15, 0.2) is 66.2 Å². The van der Waals surface area contributed by atoms with Crippen LogP contribution in [-0.4, -0.2) is 61.9 Å². The zero-order valence-corrected chi connectivity index (χ0v) is 35.5. The number of thiophene rings is 1. The Morgan fingerprint density at radius 3 is 2.38 bits per heavy atom. The molecule has 2 aliphatic heterocycles. The molecule has 2 aromatic carbocycles. The number of ether oxygens (including phenoxy) is 1. The van der Waals surface area contributed by atoms with E-state index in [-0.39, 0.29) is 29.2 Å². The fraction of sp³-hybridized carbons (Fsp3) is 0.333. The van der Waals surface area contributed by atoms with Crippen molar-refractivity contribution in [2.45, 2.75) is 45.1 Å². The van der Waals surface area contributed by atoms with Gasteiger partial charge in [0.15, 0.2) is 5.82 Å². The summed E-state index contributed by atoms with van der Waals surface area (Å²) in [5, 5.41) is 18.7. The van der Waals surface area contributed by atoms with Crippen molar-refractivity contribution in [3.05, 3.63) is 93.1 Å². The molecule has 2 saturated heterocycles. The van der Waals surface area contributed by atoms with E-state index < -0.39 is 94.2 Å². The number of alkyl halides is 6. The van der Waals surface area contributed by atoms with E-state index in [4.69, 9.17) is 23.2 Å². The number of benzene rings is 2. The highest BCUT2D eigenvalue weighted by atomic mass is 35.5. The molecular formula is C42H32Cl2F6N6O6S. The molecule has 1 N–H and O–H groups in total. The number of aryl methyl sites for hydroxylation is 2. The smallest absolute Gasteiger partial charge is 0.508 e. The number of hydrogen-bond acceptors (Lipinski definition) is 10. The molecule has 3 fully saturated rings. The maximum atomic E-state index is 15.2. The molecule has 9 rings (SSSR count). The lowest BCUT2D eigenvalue weighted by atomic mass is 9.51. The number of carbonyl (C=O) groups is 4. The molecule has 21 heteroatoms. The lowest BCUT2D eigenvalue weighted by molar-refractivity contribution is -0.274. The van der Waals surface area contributed by atoms with Gasteiger partial charge in [0.1, 0.15) is 28.7 Å². The largest absolute Gasteiger partial charge is 0.573 e. The molecule has 4 amide bonds. The molecule has 1 saturated carbocycles. The number of aromatic nitrogens is 3. The minimum Gasteiger partial charge on any atom is -0.508 e.